The molecule has 0 atom stereocenters. The van der Waals surface area contributed by atoms with E-state index >= 15 is 0 Å². The van der Waals surface area contributed by atoms with Crippen LogP contribution in [0.5, 0.6) is 0 Å². The molecule has 2 amide bonds. The average molecular weight is 448 g/mol. The maximum atomic E-state index is 13.2. The number of piperazine rings is 1. The van der Waals surface area contributed by atoms with Crippen molar-refractivity contribution in [1.29, 1.82) is 0 Å². The monoisotopic (exact) mass is 447 g/mol. The molecule has 160 valence electrons. The molecule has 3 aromatic rings. The SMILES string of the molecule is O=C(c1ccc2nc(Cl)ccc2c1)N1CCN(C(=O)c2ccccc2C(F)(F)F)CC1. The summed E-state index contributed by atoms with van der Waals surface area (Å²) in [6.45, 7) is 0.772. The summed E-state index contributed by atoms with van der Waals surface area (Å²) in [7, 11) is 0. The van der Waals surface area contributed by atoms with Gasteiger partial charge in [0.15, 0.2) is 0 Å². The van der Waals surface area contributed by atoms with Gasteiger partial charge in [0, 0.05) is 37.1 Å². The van der Waals surface area contributed by atoms with Crippen molar-refractivity contribution in [3.05, 3.63) is 76.4 Å². The number of amides is 2. The van der Waals surface area contributed by atoms with Gasteiger partial charge in [0.1, 0.15) is 5.15 Å². The minimum Gasteiger partial charge on any atom is -0.335 e. The van der Waals surface area contributed by atoms with Crippen LogP contribution in [0.25, 0.3) is 10.9 Å². The van der Waals surface area contributed by atoms with Crippen LogP contribution in [-0.2, 0) is 6.18 Å². The van der Waals surface area contributed by atoms with Crippen LogP contribution in [0, 0.1) is 0 Å². The molecule has 5 nitrogen and oxygen atoms in total. The molecule has 0 unspecified atom stereocenters. The summed E-state index contributed by atoms with van der Waals surface area (Å²) in [6, 6.07) is 13.2. The van der Waals surface area contributed by atoms with E-state index < -0.39 is 17.6 Å². The Balaban J connectivity index is 1.46. The van der Waals surface area contributed by atoms with E-state index in [1.165, 1.54) is 23.1 Å². The Bertz CT molecular complexity index is 1160. The van der Waals surface area contributed by atoms with Crippen LogP contribution in [0.15, 0.2) is 54.6 Å². The summed E-state index contributed by atoms with van der Waals surface area (Å²) < 4.78 is 39.7. The molecule has 1 aliphatic heterocycles. The standard InChI is InChI=1S/C22H17ClF3N3O2/c23-19-8-6-14-13-15(5-7-18(14)27-19)20(30)28-9-11-29(12-10-28)21(31)16-3-1-2-4-17(16)22(24,25)26/h1-8,13H,9-12H2. The number of carbonyl (C=O) groups excluding carboxylic acids is 2. The van der Waals surface area contributed by atoms with Crippen LogP contribution in [0.3, 0.4) is 0 Å². The summed E-state index contributed by atoms with van der Waals surface area (Å²) in [6.07, 6.45) is -4.61. The maximum Gasteiger partial charge on any atom is 0.417 e. The van der Waals surface area contributed by atoms with Crippen molar-refractivity contribution < 1.29 is 22.8 Å². The number of alkyl halides is 3. The fourth-order valence-corrected chi connectivity index (χ4v) is 3.77. The van der Waals surface area contributed by atoms with Gasteiger partial charge in [0.2, 0.25) is 0 Å². The van der Waals surface area contributed by atoms with Crippen LogP contribution in [0.4, 0.5) is 13.2 Å². The molecule has 0 N–H and O–H groups in total. The molecule has 0 saturated carbocycles. The number of pyridine rings is 1. The average Bonchev–Trinajstić information content (AvgIpc) is 2.77. The lowest BCUT2D eigenvalue weighted by molar-refractivity contribution is -0.138. The molecule has 1 fully saturated rings. The molecule has 0 bridgehead atoms. The van der Waals surface area contributed by atoms with Gasteiger partial charge in [-0.25, -0.2) is 4.98 Å². The number of benzene rings is 2. The lowest BCUT2D eigenvalue weighted by atomic mass is 10.1. The third kappa shape index (κ3) is 4.34. The number of hydrogen-bond donors (Lipinski definition) is 0. The third-order valence-corrected chi connectivity index (χ3v) is 5.43. The zero-order valence-corrected chi connectivity index (χ0v) is 17.0. The van der Waals surface area contributed by atoms with E-state index in [-0.39, 0.29) is 37.6 Å². The molecule has 2 heterocycles. The third-order valence-electron chi connectivity index (χ3n) is 5.22. The van der Waals surface area contributed by atoms with Crippen LogP contribution in [0.2, 0.25) is 5.15 Å². The van der Waals surface area contributed by atoms with E-state index in [0.29, 0.717) is 16.2 Å². The molecule has 0 spiro atoms. The van der Waals surface area contributed by atoms with Gasteiger partial charge in [-0.1, -0.05) is 23.7 Å². The first-order valence-electron chi connectivity index (χ1n) is 9.55. The van der Waals surface area contributed by atoms with E-state index in [1.807, 2.05) is 0 Å². The van der Waals surface area contributed by atoms with E-state index in [0.717, 1.165) is 11.5 Å². The maximum absolute atomic E-state index is 13.2. The summed E-state index contributed by atoms with van der Waals surface area (Å²) >= 11 is 5.88. The Morgan fingerprint density at radius 2 is 1.52 bits per heavy atom. The van der Waals surface area contributed by atoms with Gasteiger partial charge < -0.3 is 9.80 Å². The zero-order chi connectivity index (χ0) is 22.2. The van der Waals surface area contributed by atoms with Crippen LogP contribution in [0.1, 0.15) is 26.3 Å². The lowest BCUT2D eigenvalue weighted by Crippen LogP contribution is -2.50. The number of rotatable bonds is 2. The van der Waals surface area contributed by atoms with Crippen molar-refractivity contribution in [2.45, 2.75) is 6.18 Å². The van der Waals surface area contributed by atoms with Crippen molar-refractivity contribution in [3.63, 3.8) is 0 Å². The summed E-state index contributed by atoms with van der Waals surface area (Å²) in [4.78, 5) is 32.7. The molecule has 1 aromatic heterocycles. The molecular formula is C22H17ClF3N3O2. The second-order valence-electron chi connectivity index (χ2n) is 7.17. The highest BCUT2D eigenvalue weighted by Gasteiger charge is 2.36. The smallest absolute Gasteiger partial charge is 0.335 e. The number of carbonyl (C=O) groups is 2. The number of halogens is 4. The molecule has 0 radical (unpaired) electrons. The Hall–Kier alpha value is -3.13. The minimum atomic E-state index is -4.61. The van der Waals surface area contributed by atoms with Gasteiger partial charge in [-0.3, -0.25) is 9.59 Å². The highest BCUT2D eigenvalue weighted by atomic mass is 35.5. The van der Waals surface area contributed by atoms with Gasteiger partial charge in [-0.15, -0.1) is 0 Å². The molecule has 31 heavy (non-hydrogen) atoms. The van der Waals surface area contributed by atoms with E-state index in [1.54, 1.807) is 35.2 Å². The van der Waals surface area contributed by atoms with E-state index in [4.69, 9.17) is 11.6 Å². The molecule has 9 heteroatoms. The second kappa shape index (κ2) is 8.19. The van der Waals surface area contributed by atoms with Crippen molar-refractivity contribution in [1.82, 2.24) is 14.8 Å². The number of fused-ring (bicyclic) bond motifs is 1. The predicted octanol–water partition coefficient (Wildman–Crippen LogP) is 4.51. The Kier molecular flexibility index (Phi) is 5.58. The quantitative estimate of drug-likeness (QED) is 0.543. The molecule has 2 aromatic carbocycles. The fraction of sp³-hybridized carbons (Fsp3) is 0.227. The number of nitrogens with zero attached hydrogens (tertiary/aromatic N) is 3. The van der Waals surface area contributed by atoms with Gasteiger partial charge >= 0.3 is 6.18 Å². The largest absolute Gasteiger partial charge is 0.417 e. The van der Waals surface area contributed by atoms with Crippen molar-refractivity contribution >= 4 is 34.3 Å². The fourth-order valence-electron chi connectivity index (χ4n) is 3.62. The van der Waals surface area contributed by atoms with Crippen molar-refractivity contribution in [2.75, 3.05) is 26.2 Å². The van der Waals surface area contributed by atoms with Crippen LogP contribution in [-0.4, -0.2) is 52.8 Å². The lowest BCUT2D eigenvalue weighted by Gasteiger charge is -2.35. The van der Waals surface area contributed by atoms with Gasteiger partial charge in [-0.2, -0.15) is 13.2 Å². The zero-order valence-electron chi connectivity index (χ0n) is 16.2. The second-order valence-corrected chi connectivity index (χ2v) is 7.56. The van der Waals surface area contributed by atoms with E-state index in [2.05, 4.69) is 4.98 Å². The highest BCUT2D eigenvalue weighted by Crippen LogP contribution is 2.32. The van der Waals surface area contributed by atoms with Crippen LogP contribution >= 0.6 is 11.6 Å². The van der Waals surface area contributed by atoms with Crippen molar-refractivity contribution in [3.8, 4) is 0 Å². The molecule has 1 aliphatic rings. The van der Waals surface area contributed by atoms with Gasteiger partial charge in [-0.05, 0) is 42.5 Å². The minimum absolute atomic E-state index is 0.154. The number of hydrogen-bond acceptors (Lipinski definition) is 3. The Labute approximate surface area is 181 Å². The molecule has 0 aliphatic carbocycles. The van der Waals surface area contributed by atoms with Crippen LogP contribution < -0.4 is 0 Å². The highest BCUT2D eigenvalue weighted by molar-refractivity contribution is 6.29. The topological polar surface area (TPSA) is 53.5 Å². The first-order chi connectivity index (χ1) is 14.7. The first kappa shape index (κ1) is 21.1. The molecular weight excluding hydrogens is 431 g/mol. The summed E-state index contributed by atoms with van der Waals surface area (Å²) in [5, 5.41) is 1.13. The van der Waals surface area contributed by atoms with Gasteiger partial charge in [0.05, 0.1) is 16.6 Å². The molecule has 4 rings (SSSR count). The van der Waals surface area contributed by atoms with Gasteiger partial charge in [0.25, 0.3) is 11.8 Å². The summed E-state index contributed by atoms with van der Waals surface area (Å²) in [5.74, 6) is -0.895. The normalized spacial score (nSPS) is 14.7. The molecule has 1 saturated heterocycles. The van der Waals surface area contributed by atoms with Crippen molar-refractivity contribution in [2.24, 2.45) is 0 Å². The number of aromatic nitrogens is 1. The summed E-state index contributed by atoms with van der Waals surface area (Å²) in [5.41, 5.74) is -0.194. The first-order valence-corrected chi connectivity index (χ1v) is 9.93. The Morgan fingerprint density at radius 3 is 2.19 bits per heavy atom. The predicted molar refractivity (Wildman–Crippen MR) is 110 cm³/mol. The Morgan fingerprint density at radius 1 is 0.871 bits per heavy atom. The van der Waals surface area contributed by atoms with E-state index in [9.17, 15) is 22.8 Å².